The molecule has 5 nitrogen and oxygen atoms in total. The van der Waals surface area contributed by atoms with E-state index in [4.69, 9.17) is 5.11 Å². The van der Waals surface area contributed by atoms with Gasteiger partial charge in [-0.3, -0.25) is 4.79 Å². The summed E-state index contributed by atoms with van der Waals surface area (Å²) >= 11 is 0. The number of hydrogen-bond acceptors (Lipinski definition) is 3. The number of amides is 1. The fraction of sp³-hybridized carbons (Fsp3) is 0.529. The van der Waals surface area contributed by atoms with E-state index in [9.17, 15) is 9.59 Å². The van der Waals surface area contributed by atoms with Crippen molar-refractivity contribution in [2.45, 2.75) is 38.6 Å². The van der Waals surface area contributed by atoms with Crippen molar-refractivity contribution in [2.75, 3.05) is 19.6 Å². The van der Waals surface area contributed by atoms with Crippen LogP contribution in [0.5, 0.6) is 0 Å². The van der Waals surface area contributed by atoms with Gasteiger partial charge < -0.3 is 15.3 Å². The summed E-state index contributed by atoms with van der Waals surface area (Å²) in [7, 11) is 0. The lowest BCUT2D eigenvalue weighted by Gasteiger charge is -2.22. The second kappa shape index (κ2) is 7.94. The first kappa shape index (κ1) is 16.5. The molecule has 0 heterocycles. The standard InChI is InChI=1S/C17H24N2O3/c1-2-9-19(16(20)12-18-15-6-7-15)10-8-13-4-3-5-14(11-13)17(21)22/h3-5,11,15,18H,2,6-10,12H2,1H3,(H,21,22). The van der Waals surface area contributed by atoms with Gasteiger partial charge in [-0.05, 0) is 43.4 Å². The van der Waals surface area contributed by atoms with Crippen LogP contribution in [0.1, 0.15) is 42.1 Å². The molecule has 2 rings (SSSR count). The van der Waals surface area contributed by atoms with Crippen LogP contribution in [0.4, 0.5) is 0 Å². The van der Waals surface area contributed by atoms with Gasteiger partial charge in [-0.15, -0.1) is 0 Å². The van der Waals surface area contributed by atoms with Gasteiger partial charge >= 0.3 is 5.97 Å². The molecule has 1 amide bonds. The van der Waals surface area contributed by atoms with E-state index in [1.54, 1.807) is 18.2 Å². The minimum absolute atomic E-state index is 0.128. The van der Waals surface area contributed by atoms with Crippen LogP contribution in [0.3, 0.4) is 0 Å². The third-order valence-corrected chi connectivity index (χ3v) is 3.81. The van der Waals surface area contributed by atoms with E-state index < -0.39 is 5.97 Å². The summed E-state index contributed by atoms with van der Waals surface area (Å²) < 4.78 is 0. The average Bonchev–Trinajstić information content (AvgIpc) is 3.33. The number of rotatable bonds is 9. The molecule has 2 N–H and O–H groups in total. The maximum atomic E-state index is 12.2. The molecule has 0 bridgehead atoms. The average molecular weight is 304 g/mol. The molecule has 0 spiro atoms. The van der Waals surface area contributed by atoms with Gasteiger partial charge in [0, 0.05) is 19.1 Å². The molecule has 0 saturated heterocycles. The lowest BCUT2D eigenvalue weighted by molar-refractivity contribution is -0.130. The summed E-state index contributed by atoms with van der Waals surface area (Å²) in [5.41, 5.74) is 1.24. The third-order valence-electron chi connectivity index (χ3n) is 3.81. The van der Waals surface area contributed by atoms with E-state index in [0.29, 0.717) is 31.1 Å². The first-order valence-corrected chi connectivity index (χ1v) is 7.93. The SMILES string of the molecule is CCCN(CCc1cccc(C(=O)O)c1)C(=O)CNC1CC1. The van der Waals surface area contributed by atoms with Crippen molar-refractivity contribution in [3.8, 4) is 0 Å². The second-order valence-electron chi connectivity index (χ2n) is 5.79. The number of carboxylic acids is 1. The van der Waals surface area contributed by atoms with E-state index in [2.05, 4.69) is 12.2 Å². The molecule has 1 aliphatic rings. The minimum Gasteiger partial charge on any atom is -0.478 e. The highest BCUT2D eigenvalue weighted by molar-refractivity contribution is 5.87. The lowest BCUT2D eigenvalue weighted by atomic mass is 10.1. The Hall–Kier alpha value is -1.88. The zero-order valence-corrected chi connectivity index (χ0v) is 13.0. The summed E-state index contributed by atoms with van der Waals surface area (Å²) in [5, 5.41) is 12.3. The topological polar surface area (TPSA) is 69.6 Å². The van der Waals surface area contributed by atoms with Gasteiger partial charge in [-0.1, -0.05) is 19.1 Å². The number of carbonyl (C=O) groups is 2. The maximum absolute atomic E-state index is 12.2. The summed E-state index contributed by atoms with van der Waals surface area (Å²) in [5.74, 6) is -0.792. The fourth-order valence-electron chi connectivity index (χ4n) is 2.39. The summed E-state index contributed by atoms with van der Waals surface area (Å²) in [6.45, 7) is 3.82. The molecule has 0 aromatic heterocycles. The van der Waals surface area contributed by atoms with Crippen LogP contribution in [0.15, 0.2) is 24.3 Å². The number of aromatic carboxylic acids is 1. The zero-order valence-electron chi connectivity index (χ0n) is 13.0. The second-order valence-corrected chi connectivity index (χ2v) is 5.79. The quantitative estimate of drug-likeness (QED) is 0.731. The van der Waals surface area contributed by atoms with Crippen molar-refractivity contribution < 1.29 is 14.7 Å². The van der Waals surface area contributed by atoms with Crippen LogP contribution in [-0.2, 0) is 11.2 Å². The van der Waals surface area contributed by atoms with Crippen LogP contribution in [0.2, 0.25) is 0 Å². The van der Waals surface area contributed by atoms with Gasteiger partial charge in [-0.25, -0.2) is 4.79 Å². The Bertz CT molecular complexity index is 526. The van der Waals surface area contributed by atoms with Crippen LogP contribution in [0, 0.1) is 0 Å². The molecular formula is C17H24N2O3. The molecule has 0 aliphatic heterocycles. The molecular weight excluding hydrogens is 280 g/mol. The molecule has 120 valence electrons. The Morgan fingerprint density at radius 3 is 2.73 bits per heavy atom. The zero-order chi connectivity index (χ0) is 15.9. The number of benzene rings is 1. The molecule has 0 unspecified atom stereocenters. The first-order chi connectivity index (χ1) is 10.6. The summed E-state index contributed by atoms with van der Waals surface area (Å²) in [6.07, 6.45) is 3.94. The number of nitrogens with zero attached hydrogens (tertiary/aromatic N) is 1. The Morgan fingerprint density at radius 1 is 1.32 bits per heavy atom. The third kappa shape index (κ3) is 5.15. The number of carbonyl (C=O) groups excluding carboxylic acids is 1. The van der Waals surface area contributed by atoms with Crippen LogP contribution in [0.25, 0.3) is 0 Å². The van der Waals surface area contributed by atoms with Crippen molar-refractivity contribution >= 4 is 11.9 Å². The predicted molar refractivity (Wildman–Crippen MR) is 85.0 cm³/mol. The molecule has 1 aromatic carbocycles. The van der Waals surface area contributed by atoms with Crippen LogP contribution < -0.4 is 5.32 Å². The monoisotopic (exact) mass is 304 g/mol. The van der Waals surface area contributed by atoms with Crippen molar-refractivity contribution in [2.24, 2.45) is 0 Å². The van der Waals surface area contributed by atoms with Gasteiger partial charge in [-0.2, -0.15) is 0 Å². The lowest BCUT2D eigenvalue weighted by Crippen LogP contribution is -2.40. The van der Waals surface area contributed by atoms with Gasteiger partial charge in [0.1, 0.15) is 0 Å². The molecule has 5 heteroatoms. The number of nitrogens with one attached hydrogen (secondary N) is 1. The van der Waals surface area contributed by atoms with Gasteiger partial charge in [0.2, 0.25) is 5.91 Å². The van der Waals surface area contributed by atoms with E-state index in [-0.39, 0.29) is 5.91 Å². The first-order valence-electron chi connectivity index (χ1n) is 7.93. The normalized spacial score (nSPS) is 13.9. The smallest absolute Gasteiger partial charge is 0.335 e. The molecule has 1 aliphatic carbocycles. The Kier molecular flexibility index (Phi) is 5.95. The molecule has 1 aromatic rings. The highest BCUT2D eigenvalue weighted by atomic mass is 16.4. The number of hydrogen-bond donors (Lipinski definition) is 2. The Morgan fingerprint density at radius 2 is 2.09 bits per heavy atom. The van der Waals surface area contributed by atoms with Crippen LogP contribution in [-0.4, -0.2) is 47.6 Å². The van der Waals surface area contributed by atoms with E-state index in [1.165, 1.54) is 12.8 Å². The van der Waals surface area contributed by atoms with Gasteiger partial charge in [0.25, 0.3) is 0 Å². The largest absolute Gasteiger partial charge is 0.478 e. The molecule has 22 heavy (non-hydrogen) atoms. The number of carboxylic acid groups (broad SMARTS) is 1. The molecule has 0 radical (unpaired) electrons. The fourth-order valence-corrected chi connectivity index (χ4v) is 2.39. The molecule has 0 atom stereocenters. The van der Waals surface area contributed by atoms with Crippen molar-refractivity contribution in [3.63, 3.8) is 0 Å². The van der Waals surface area contributed by atoms with Crippen LogP contribution >= 0.6 is 0 Å². The molecule has 1 fully saturated rings. The van der Waals surface area contributed by atoms with Crippen molar-refractivity contribution in [3.05, 3.63) is 35.4 Å². The van der Waals surface area contributed by atoms with E-state index in [1.807, 2.05) is 11.0 Å². The van der Waals surface area contributed by atoms with Gasteiger partial charge in [0.15, 0.2) is 0 Å². The predicted octanol–water partition coefficient (Wildman–Crippen LogP) is 1.92. The Labute approximate surface area is 131 Å². The minimum atomic E-state index is -0.919. The van der Waals surface area contributed by atoms with E-state index in [0.717, 1.165) is 18.5 Å². The Balaban J connectivity index is 1.88. The highest BCUT2D eigenvalue weighted by Gasteiger charge is 2.22. The summed E-state index contributed by atoms with van der Waals surface area (Å²) in [6, 6.07) is 7.45. The molecule has 1 saturated carbocycles. The van der Waals surface area contributed by atoms with Gasteiger partial charge in [0.05, 0.1) is 12.1 Å². The summed E-state index contributed by atoms with van der Waals surface area (Å²) in [4.78, 5) is 25.1. The van der Waals surface area contributed by atoms with Crippen molar-refractivity contribution in [1.82, 2.24) is 10.2 Å². The maximum Gasteiger partial charge on any atom is 0.335 e. The van der Waals surface area contributed by atoms with E-state index >= 15 is 0 Å². The highest BCUT2D eigenvalue weighted by Crippen LogP contribution is 2.18. The van der Waals surface area contributed by atoms with Crippen molar-refractivity contribution in [1.29, 1.82) is 0 Å².